The predicted molar refractivity (Wildman–Crippen MR) is 74.9 cm³/mol. The Morgan fingerprint density at radius 3 is 2.39 bits per heavy atom. The number of benzene rings is 1. The summed E-state index contributed by atoms with van der Waals surface area (Å²) in [6.45, 7) is 10.9. The summed E-state index contributed by atoms with van der Waals surface area (Å²) in [6, 6.07) is 6.36. The number of piperazine rings is 1. The van der Waals surface area contributed by atoms with Crippen LogP contribution in [-0.2, 0) is 4.79 Å². The number of hydrogen-bond donors (Lipinski definition) is 1. The van der Waals surface area contributed by atoms with Gasteiger partial charge in [-0.1, -0.05) is 18.2 Å². The highest BCUT2D eigenvalue weighted by atomic mass is 16.2. The molecule has 1 amide bonds. The molecular weight excluding hydrogens is 224 g/mol. The second-order valence-electron chi connectivity index (χ2n) is 5.77. The molecule has 3 nitrogen and oxygen atoms in total. The summed E-state index contributed by atoms with van der Waals surface area (Å²) >= 11 is 0. The fraction of sp³-hybridized carbons (Fsp3) is 0.533. The van der Waals surface area contributed by atoms with Crippen molar-refractivity contribution in [2.75, 3.05) is 11.4 Å². The molecule has 0 saturated carbocycles. The van der Waals surface area contributed by atoms with Crippen molar-refractivity contribution >= 4 is 11.6 Å². The molecule has 1 aliphatic rings. The monoisotopic (exact) mass is 246 g/mol. The molecule has 2 rings (SSSR count). The Balaban J connectivity index is 2.51. The van der Waals surface area contributed by atoms with Crippen LogP contribution in [0.3, 0.4) is 0 Å². The van der Waals surface area contributed by atoms with E-state index in [2.05, 4.69) is 38.2 Å². The number of anilines is 1. The largest absolute Gasteiger partial charge is 0.306 e. The number of aryl methyl sites for hydroxylation is 2. The molecule has 18 heavy (non-hydrogen) atoms. The molecule has 1 fully saturated rings. The van der Waals surface area contributed by atoms with Crippen molar-refractivity contribution in [2.45, 2.75) is 46.2 Å². The SMILES string of the molecule is Cc1cccc(C)c1N1C(=O)C(C)(C)NCC1C. The Bertz CT molecular complexity index is 459. The Labute approximate surface area is 109 Å². The first kappa shape index (κ1) is 13.1. The lowest BCUT2D eigenvalue weighted by Crippen LogP contribution is -2.65. The predicted octanol–water partition coefficient (Wildman–Crippen LogP) is 2.41. The van der Waals surface area contributed by atoms with Crippen molar-refractivity contribution < 1.29 is 4.79 Å². The van der Waals surface area contributed by atoms with Crippen molar-refractivity contribution in [3.8, 4) is 0 Å². The van der Waals surface area contributed by atoms with Crippen molar-refractivity contribution in [1.29, 1.82) is 0 Å². The molecule has 98 valence electrons. The topological polar surface area (TPSA) is 32.3 Å². The molecule has 0 bridgehead atoms. The molecule has 1 saturated heterocycles. The van der Waals surface area contributed by atoms with Gasteiger partial charge >= 0.3 is 0 Å². The number of carbonyl (C=O) groups excluding carboxylic acids is 1. The molecule has 3 heteroatoms. The Kier molecular flexibility index (Phi) is 3.20. The van der Waals surface area contributed by atoms with Crippen LogP contribution in [-0.4, -0.2) is 24.0 Å². The summed E-state index contributed by atoms with van der Waals surface area (Å²) in [4.78, 5) is 14.6. The summed E-state index contributed by atoms with van der Waals surface area (Å²) in [5, 5.41) is 3.31. The zero-order chi connectivity index (χ0) is 13.5. The first-order chi connectivity index (χ1) is 8.34. The molecule has 1 unspecified atom stereocenters. The van der Waals surface area contributed by atoms with Crippen LogP contribution in [0.4, 0.5) is 5.69 Å². The van der Waals surface area contributed by atoms with Gasteiger partial charge < -0.3 is 10.2 Å². The van der Waals surface area contributed by atoms with Crippen LogP contribution in [0.25, 0.3) is 0 Å². The third-order valence-corrected chi connectivity index (χ3v) is 3.71. The summed E-state index contributed by atoms with van der Waals surface area (Å²) in [7, 11) is 0. The van der Waals surface area contributed by atoms with Crippen molar-refractivity contribution in [3.63, 3.8) is 0 Å². The number of nitrogens with zero attached hydrogens (tertiary/aromatic N) is 1. The van der Waals surface area contributed by atoms with Gasteiger partial charge in [0.25, 0.3) is 0 Å². The highest BCUT2D eigenvalue weighted by molar-refractivity contribution is 6.02. The summed E-state index contributed by atoms with van der Waals surface area (Å²) < 4.78 is 0. The van der Waals surface area contributed by atoms with Crippen molar-refractivity contribution in [1.82, 2.24) is 5.32 Å². The molecule has 1 heterocycles. The normalized spacial score (nSPS) is 23.3. The number of rotatable bonds is 1. The van der Waals surface area contributed by atoms with Gasteiger partial charge in [0.1, 0.15) is 0 Å². The molecule has 1 N–H and O–H groups in total. The third kappa shape index (κ3) is 2.03. The van der Waals surface area contributed by atoms with E-state index in [0.717, 1.165) is 23.4 Å². The Hall–Kier alpha value is -1.35. The van der Waals surface area contributed by atoms with Crippen LogP contribution in [0.5, 0.6) is 0 Å². The van der Waals surface area contributed by atoms with Crippen LogP contribution in [0.15, 0.2) is 18.2 Å². The first-order valence-electron chi connectivity index (χ1n) is 6.49. The maximum absolute atomic E-state index is 12.6. The molecule has 0 spiro atoms. The quantitative estimate of drug-likeness (QED) is 0.825. The van der Waals surface area contributed by atoms with Crippen molar-refractivity contribution in [2.24, 2.45) is 0 Å². The van der Waals surface area contributed by atoms with Gasteiger partial charge in [-0.05, 0) is 45.7 Å². The van der Waals surface area contributed by atoms with Crippen LogP contribution in [0.2, 0.25) is 0 Å². The van der Waals surface area contributed by atoms with E-state index < -0.39 is 5.54 Å². The minimum Gasteiger partial charge on any atom is -0.306 e. The zero-order valence-electron chi connectivity index (χ0n) is 11.9. The molecule has 1 atom stereocenters. The molecule has 0 radical (unpaired) electrons. The molecule has 1 aromatic carbocycles. The second kappa shape index (κ2) is 4.39. The molecule has 0 aliphatic carbocycles. The smallest absolute Gasteiger partial charge is 0.247 e. The second-order valence-corrected chi connectivity index (χ2v) is 5.77. The van der Waals surface area contributed by atoms with Gasteiger partial charge in [-0.25, -0.2) is 0 Å². The van der Waals surface area contributed by atoms with E-state index in [1.807, 2.05) is 24.8 Å². The van der Waals surface area contributed by atoms with Gasteiger partial charge in [-0.2, -0.15) is 0 Å². The summed E-state index contributed by atoms with van der Waals surface area (Å²) in [5.41, 5.74) is 2.91. The minimum absolute atomic E-state index is 0.152. The van der Waals surface area contributed by atoms with Crippen LogP contribution >= 0.6 is 0 Å². The highest BCUT2D eigenvalue weighted by Gasteiger charge is 2.40. The van der Waals surface area contributed by atoms with Gasteiger partial charge in [-0.15, -0.1) is 0 Å². The number of hydrogen-bond acceptors (Lipinski definition) is 2. The summed E-state index contributed by atoms with van der Waals surface area (Å²) in [5.74, 6) is 0.152. The summed E-state index contributed by atoms with van der Waals surface area (Å²) in [6.07, 6.45) is 0. The standard InChI is InChI=1S/C15H22N2O/c1-10-7-6-8-11(2)13(10)17-12(3)9-16-15(4,5)14(17)18/h6-8,12,16H,9H2,1-5H3. The molecule has 1 aliphatic heterocycles. The molecular formula is C15H22N2O. The van der Waals surface area contributed by atoms with Crippen molar-refractivity contribution in [3.05, 3.63) is 29.3 Å². The van der Waals surface area contributed by atoms with Crippen LogP contribution in [0.1, 0.15) is 31.9 Å². The minimum atomic E-state index is -0.485. The van der Waals surface area contributed by atoms with E-state index in [9.17, 15) is 4.79 Å². The van der Waals surface area contributed by atoms with Gasteiger partial charge in [0.15, 0.2) is 0 Å². The van der Waals surface area contributed by atoms with E-state index in [1.165, 1.54) is 0 Å². The van der Waals surface area contributed by atoms with Gasteiger partial charge in [0.2, 0.25) is 5.91 Å². The zero-order valence-corrected chi connectivity index (χ0v) is 11.9. The lowest BCUT2D eigenvalue weighted by molar-refractivity contribution is -0.125. The van der Waals surface area contributed by atoms with E-state index in [-0.39, 0.29) is 11.9 Å². The highest BCUT2D eigenvalue weighted by Crippen LogP contribution is 2.30. The average molecular weight is 246 g/mol. The number of carbonyl (C=O) groups is 1. The maximum Gasteiger partial charge on any atom is 0.247 e. The third-order valence-electron chi connectivity index (χ3n) is 3.71. The molecule has 0 aromatic heterocycles. The maximum atomic E-state index is 12.6. The fourth-order valence-electron chi connectivity index (χ4n) is 2.58. The van der Waals surface area contributed by atoms with Crippen LogP contribution in [0, 0.1) is 13.8 Å². The van der Waals surface area contributed by atoms with Gasteiger partial charge in [-0.3, -0.25) is 4.79 Å². The fourth-order valence-corrected chi connectivity index (χ4v) is 2.58. The first-order valence-corrected chi connectivity index (χ1v) is 6.49. The number of para-hydroxylation sites is 1. The number of nitrogens with one attached hydrogen (secondary N) is 1. The van der Waals surface area contributed by atoms with E-state index in [0.29, 0.717) is 0 Å². The average Bonchev–Trinajstić information content (AvgIpc) is 2.29. The number of amides is 1. The lowest BCUT2D eigenvalue weighted by atomic mass is 9.95. The van der Waals surface area contributed by atoms with E-state index in [4.69, 9.17) is 0 Å². The Morgan fingerprint density at radius 1 is 1.28 bits per heavy atom. The Morgan fingerprint density at radius 2 is 1.83 bits per heavy atom. The van der Waals surface area contributed by atoms with E-state index in [1.54, 1.807) is 0 Å². The van der Waals surface area contributed by atoms with Gasteiger partial charge in [0.05, 0.1) is 5.54 Å². The lowest BCUT2D eigenvalue weighted by Gasteiger charge is -2.43. The van der Waals surface area contributed by atoms with E-state index >= 15 is 0 Å². The molecule has 1 aromatic rings. The van der Waals surface area contributed by atoms with Crippen LogP contribution < -0.4 is 10.2 Å². The van der Waals surface area contributed by atoms with Gasteiger partial charge in [0, 0.05) is 18.3 Å².